The van der Waals surface area contributed by atoms with Gasteiger partial charge in [-0.1, -0.05) is 30.3 Å². The van der Waals surface area contributed by atoms with Crippen LogP contribution in [0, 0.1) is 5.92 Å². The average molecular weight is 321 g/mol. The summed E-state index contributed by atoms with van der Waals surface area (Å²) in [4.78, 5) is 23.7. The van der Waals surface area contributed by atoms with Crippen molar-refractivity contribution in [3.63, 3.8) is 0 Å². The molecule has 0 bridgehead atoms. The Hall–Kier alpha value is -2.95. The Morgan fingerprint density at radius 3 is 2.25 bits per heavy atom. The first-order valence-corrected chi connectivity index (χ1v) is 7.94. The normalized spacial score (nSPS) is 14.1. The first-order valence-electron chi connectivity index (χ1n) is 7.94. The highest BCUT2D eigenvalue weighted by Gasteiger charge is 2.29. The van der Waals surface area contributed by atoms with Crippen molar-refractivity contribution in [3.8, 4) is 0 Å². The quantitative estimate of drug-likeness (QED) is 0.656. The van der Waals surface area contributed by atoms with Gasteiger partial charge in [0, 0.05) is 17.2 Å². The molecule has 1 aliphatic carbocycles. The number of carbonyl (C=O) groups is 2. The van der Waals surface area contributed by atoms with Crippen molar-refractivity contribution in [3.05, 3.63) is 65.7 Å². The van der Waals surface area contributed by atoms with E-state index in [0.717, 1.165) is 24.1 Å². The summed E-state index contributed by atoms with van der Waals surface area (Å²) >= 11 is 0. The summed E-state index contributed by atoms with van der Waals surface area (Å²) in [5.41, 5.74) is 5.46. The van der Waals surface area contributed by atoms with E-state index in [1.807, 2.05) is 37.3 Å². The van der Waals surface area contributed by atoms with E-state index in [-0.39, 0.29) is 17.7 Å². The second kappa shape index (κ2) is 7.08. The van der Waals surface area contributed by atoms with Gasteiger partial charge < -0.3 is 5.32 Å². The average Bonchev–Trinajstić information content (AvgIpc) is 3.46. The lowest BCUT2D eigenvalue weighted by molar-refractivity contribution is -0.117. The van der Waals surface area contributed by atoms with Crippen LogP contribution in [0.4, 0.5) is 5.69 Å². The molecule has 1 fully saturated rings. The lowest BCUT2D eigenvalue weighted by Gasteiger charge is -2.06. The topological polar surface area (TPSA) is 70.6 Å². The molecule has 1 aliphatic rings. The maximum Gasteiger partial charge on any atom is 0.271 e. The summed E-state index contributed by atoms with van der Waals surface area (Å²) in [5, 5.41) is 7.02. The van der Waals surface area contributed by atoms with Crippen LogP contribution < -0.4 is 10.7 Å². The predicted molar refractivity (Wildman–Crippen MR) is 93.9 cm³/mol. The number of hydrazone groups is 1. The Bertz CT molecular complexity index is 763. The van der Waals surface area contributed by atoms with Crippen molar-refractivity contribution in [1.82, 2.24) is 5.43 Å². The third-order valence-electron chi connectivity index (χ3n) is 3.88. The number of hydrogen-bond acceptors (Lipinski definition) is 3. The second-order valence-electron chi connectivity index (χ2n) is 5.85. The Labute approximate surface area is 140 Å². The van der Waals surface area contributed by atoms with Crippen LogP contribution in [-0.4, -0.2) is 17.5 Å². The summed E-state index contributed by atoms with van der Waals surface area (Å²) in [7, 11) is 0. The number of hydrogen-bond donors (Lipinski definition) is 2. The lowest BCUT2D eigenvalue weighted by Crippen LogP contribution is -2.19. The van der Waals surface area contributed by atoms with E-state index in [1.165, 1.54) is 0 Å². The van der Waals surface area contributed by atoms with E-state index < -0.39 is 0 Å². The standard InChI is InChI=1S/C19H19N3O2/c1-13(21-22-19(24)15-5-3-2-4-6-15)14-9-11-17(12-10-14)20-18(23)16-7-8-16/h2-6,9-12,16H,7-8H2,1H3,(H,20,23)(H,22,24)/b21-13+. The molecule has 2 N–H and O–H groups in total. The maximum absolute atomic E-state index is 12.0. The maximum atomic E-state index is 12.0. The third kappa shape index (κ3) is 4.07. The minimum Gasteiger partial charge on any atom is -0.326 e. The van der Waals surface area contributed by atoms with Gasteiger partial charge in [-0.2, -0.15) is 5.10 Å². The molecule has 2 amide bonds. The first-order chi connectivity index (χ1) is 11.6. The van der Waals surface area contributed by atoms with Crippen molar-refractivity contribution in [1.29, 1.82) is 0 Å². The largest absolute Gasteiger partial charge is 0.326 e. The highest BCUT2D eigenvalue weighted by atomic mass is 16.2. The first kappa shape index (κ1) is 15.9. The van der Waals surface area contributed by atoms with Crippen molar-refractivity contribution < 1.29 is 9.59 Å². The van der Waals surface area contributed by atoms with Crippen LogP contribution in [0.25, 0.3) is 0 Å². The summed E-state index contributed by atoms with van der Waals surface area (Å²) in [6, 6.07) is 16.4. The van der Waals surface area contributed by atoms with Crippen molar-refractivity contribution in [2.45, 2.75) is 19.8 Å². The van der Waals surface area contributed by atoms with E-state index in [1.54, 1.807) is 24.3 Å². The van der Waals surface area contributed by atoms with Crippen LogP contribution in [0.2, 0.25) is 0 Å². The number of nitrogens with zero attached hydrogens (tertiary/aromatic N) is 1. The fourth-order valence-corrected chi connectivity index (χ4v) is 2.24. The molecule has 5 nitrogen and oxygen atoms in total. The molecule has 0 radical (unpaired) electrons. The van der Waals surface area contributed by atoms with Crippen LogP contribution in [0.15, 0.2) is 59.7 Å². The minimum atomic E-state index is -0.247. The SMILES string of the molecule is C/C(=N\NC(=O)c1ccccc1)c1ccc(NC(=O)C2CC2)cc1. The van der Waals surface area contributed by atoms with Crippen LogP contribution in [0.5, 0.6) is 0 Å². The van der Waals surface area contributed by atoms with Crippen molar-refractivity contribution in [2.24, 2.45) is 11.0 Å². The van der Waals surface area contributed by atoms with Gasteiger partial charge in [0.15, 0.2) is 0 Å². The van der Waals surface area contributed by atoms with Gasteiger partial charge in [0.05, 0.1) is 5.71 Å². The summed E-state index contributed by atoms with van der Waals surface area (Å²) in [6.07, 6.45) is 1.97. The Kier molecular flexibility index (Phi) is 4.70. The fourth-order valence-electron chi connectivity index (χ4n) is 2.24. The van der Waals surface area contributed by atoms with Gasteiger partial charge in [0.25, 0.3) is 5.91 Å². The molecular formula is C19H19N3O2. The van der Waals surface area contributed by atoms with Gasteiger partial charge in [0.1, 0.15) is 0 Å². The van der Waals surface area contributed by atoms with E-state index in [9.17, 15) is 9.59 Å². The molecule has 3 rings (SSSR count). The molecule has 0 heterocycles. The fraction of sp³-hybridized carbons (Fsp3) is 0.211. The van der Waals surface area contributed by atoms with Crippen LogP contribution in [-0.2, 0) is 4.79 Å². The lowest BCUT2D eigenvalue weighted by atomic mass is 10.1. The molecule has 0 unspecified atom stereocenters. The number of benzene rings is 2. The minimum absolute atomic E-state index is 0.0864. The molecule has 2 aromatic rings. The zero-order valence-corrected chi connectivity index (χ0v) is 13.5. The molecule has 122 valence electrons. The number of nitrogens with one attached hydrogen (secondary N) is 2. The number of amides is 2. The highest BCUT2D eigenvalue weighted by molar-refractivity contribution is 6.01. The third-order valence-corrected chi connectivity index (χ3v) is 3.88. The molecule has 5 heteroatoms. The molecule has 0 saturated heterocycles. The van der Waals surface area contributed by atoms with Gasteiger partial charge in [-0.15, -0.1) is 0 Å². The monoisotopic (exact) mass is 321 g/mol. The van der Waals surface area contributed by atoms with Crippen LogP contribution >= 0.6 is 0 Å². The molecular weight excluding hydrogens is 302 g/mol. The van der Waals surface area contributed by atoms with Crippen molar-refractivity contribution >= 4 is 23.2 Å². The predicted octanol–water partition coefficient (Wildman–Crippen LogP) is 3.19. The summed E-state index contributed by atoms with van der Waals surface area (Å²) in [5.74, 6) is 0.0210. The second-order valence-corrected chi connectivity index (χ2v) is 5.85. The Balaban J connectivity index is 1.60. The zero-order valence-electron chi connectivity index (χ0n) is 13.5. The van der Waals surface area contributed by atoms with Crippen LogP contribution in [0.3, 0.4) is 0 Å². The smallest absolute Gasteiger partial charge is 0.271 e. The zero-order chi connectivity index (χ0) is 16.9. The summed E-state index contributed by atoms with van der Waals surface area (Å²) in [6.45, 7) is 1.82. The number of rotatable bonds is 5. The molecule has 1 saturated carbocycles. The number of carbonyl (C=O) groups excluding carboxylic acids is 2. The molecule has 0 aliphatic heterocycles. The van der Waals surface area contributed by atoms with Gasteiger partial charge >= 0.3 is 0 Å². The van der Waals surface area contributed by atoms with E-state index >= 15 is 0 Å². The summed E-state index contributed by atoms with van der Waals surface area (Å²) < 4.78 is 0. The highest BCUT2D eigenvalue weighted by Crippen LogP contribution is 2.30. The Morgan fingerprint density at radius 1 is 0.958 bits per heavy atom. The van der Waals surface area contributed by atoms with E-state index in [0.29, 0.717) is 11.3 Å². The van der Waals surface area contributed by atoms with Gasteiger partial charge in [-0.3, -0.25) is 9.59 Å². The van der Waals surface area contributed by atoms with Gasteiger partial charge in [-0.25, -0.2) is 5.43 Å². The van der Waals surface area contributed by atoms with E-state index in [2.05, 4.69) is 15.8 Å². The molecule has 24 heavy (non-hydrogen) atoms. The number of anilines is 1. The molecule has 0 spiro atoms. The van der Waals surface area contributed by atoms with Crippen molar-refractivity contribution in [2.75, 3.05) is 5.32 Å². The van der Waals surface area contributed by atoms with Crippen LogP contribution in [0.1, 0.15) is 35.7 Å². The molecule has 0 atom stereocenters. The molecule has 0 aromatic heterocycles. The van der Waals surface area contributed by atoms with E-state index in [4.69, 9.17) is 0 Å². The molecule has 2 aromatic carbocycles. The van der Waals surface area contributed by atoms with Gasteiger partial charge in [-0.05, 0) is 49.6 Å². The Morgan fingerprint density at radius 2 is 1.62 bits per heavy atom. The van der Waals surface area contributed by atoms with Gasteiger partial charge in [0.2, 0.25) is 5.91 Å².